The van der Waals surface area contributed by atoms with Crippen molar-refractivity contribution in [3.05, 3.63) is 48.3 Å². The Morgan fingerprint density at radius 3 is 2.65 bits per heavy atom. The predicted octanol–water partition coefficient (Wildman–Crippen LogP) is 2.42. The van der Waals surface area contributed by atoms with Crippen molar-refractivity contribution < 1.29 is 13.2 Å². The summed E-state index contributed by atoms with van der Waals surface area (Å²) in [6.07, 6.45) is 8.40. The van der Waals surface area contributed by atoms with Gasteiger partial charge in [0.05, 0.1) is 23.2 Å². The van der Waals surface area contributed by atoms with E-state index < -0.39 is 15.4 Å². The van der Waals surface area contributed by atoms with Gasteiger partial charge < -0.3 is 9.47 Å². The van der Waals surface area contributed by atoms with Gasteiger partial charge in [-0.1, -0.05) is 6.92 Å². The van der Waals surface area contributed by atoms with Gasteiger partial charge in [0.2, 0.25) is 15.9 Å². The number of carbonyl (C=O) groups excluding carboxylic acids is 1. The molecule has 2 aliphatic rings. The largest absolute Gasteiger partial charge is 0.338 e. The Morgan fingerprint density at radius 1 is 1.26 bits per heavy atom. The molecule has 1 spiro atoms. The first-order chi connectivity index (χ1) is 14.8. The normalized spacial score (nSPS) is 24.7. The highest BCUT2D eigenvalue weighted by molar-refractivity contribution is 7.89. The third-order valence-electron chi connectivity index (χ3n) is 6.61. The highest BCUT2D eigenvalue weighted by Gasteiger charge is 2.59. The van der Waals surface area contributed by atoms with Crippen molar-refractivity contribution in [3.63, 3.8) is 0 Å². The summed E-state index contributed by atoms with van der Waals surface area (Å²) >= 11 is 0. The average Bonchev–Trinajstić information content (AvgIpc) is 3.44. The number of amides is 1. The molecule has 2 atom stereocenters. The van der Waals surface area contributed by atoms with Crippen LogP contribution in [0.2, 0.25) is 0 Å². The van der Waals surface area contributed by atoms with Gasteiger partial charge in [-0.25, -0.2) is 17.7 Å². The van der Waals surface area contributed by atoms with Crippen LogP contribution in [-0.2, 0) is 21.4 Å². The van der Waals surface area contributed by atoms with Gasteiger partial charge in [-0.05, 0) is 44.4 Å². The van der Waals surface area contributed by atoms with Crippen LogP contribution in [0.1, 0.15) is 56.8 Å². The molecule has 8 nitrogen and oxygen atoms in total. The predicted molar refractivity (Wildman–Crippen MR) is 118 cm³/mol. The summed E-state index contributed by atoms with van der Waals surface area (Å²) in [7, 11) is -3.40. The van der Waals surface area contributed by atoms with Crippen molar-refractivity contribution in [2.45, 2.75) is 52.1 Å². The van der Waals surface area contributed by atoms with Crippen LogP contribution < -0.4 is 0 Å². The van der Waals surface area contributed by atoms with Crippen molar-refractivity contribution >= 4 is 15.9 Å². The maximum Gasteiger partial charge on any atom is 0.231 e. The Bertz CT molecular complexity index is 1040. The highest BCUT2D eigenvalue weighted by Crippen LogP contribution is 2.50. The number of hydrogen-bond donors (Lipinski definition) is 0. The van der Waals surface area contributed by atoms with Gasteiger partial charge in [-0.3, -0.25) is 9.78 Å². The number of hydrogen-bond acceptors (Lipinski definition) is 5. The smallest absolute Gasteiger partial charge is 0.231 e. The number of rotatable bonds is 7. The lowest BCUT2D eigenvalue weighted by molar-refractivity contribution is -0.136. The van der Waals surface area contributed by atoms with Crippen LogP contribution >= 0.6 is 0 Å². The molecular weight excluding hydrogens is 414 g/mol. The molecule has 168 valence electrons. The molecule has 0 N–H and O–H groups in total. The summed E-state index contributed by atoms with van der Waals surface area (Å²) in [5.74, 6) is -0.109. The van der Waals surface area contributed by atoms with E-state index in [1.165, 1.54) is 4.31 Å². The Balaban J connectivity index is 1.67. The summed E-state index contributed by atoms with van der Waals surface area (Å²) in [4.78, 5) is 24.3. The van der Waals surface area contributed by atoms with Crippen LogP contribution in [0.15, 0.2) is 37.1 Å². The van der Waals surface area contributed by atoms with Gasteiger partial charge >= 0.3 is 0 Å². The molecule has 0 unspecified atom stereocenters. The second kappa shape index (κ2) is 8.35. The van der Waals surface area contributed by atoms with E-state index in [2.05, 4.69) is 23.8 Å². The molecular formula is C22H31N5O3S. The first kappa shape index (κ1) is 22.0. The average molecular weight is 446 g/mol. The van der Waals surface area contributed by atoms with Crippen LogP contribution in [-0.4, -0.2) is 63.5 Å². The molecule has 0 aliphatic carbocycles. The van der Waals surface area contributed by atoms with Gasteiger partial charge in [-0.15, -0.1) is 0 Å². The number of carbonyl (C=O) groups is 1. The summed E-state index contributed by atoms with van der Waals surface area (Å²) in [6.45, 7) is 7.69. The summed E-state index contributed by atoms with van der Waals surface area (Å²) in [5.41, 5.74) is 1.07. The molecule has 0 aromatic carbocycles. The molecule has 4 rings (SSSR count). The fourth-order valence-electron chi connectivity index (χ4n) is 4.85. The number of likely N-dealkylation sites (tertiary alicyclic amines) is 1. The number of pyridine rings is 1. The molecule has 2 aromatic rings. The number of sulfonamides is 1. The minimum absolute atomic E-state index is 0.0302. The van der Waals surface area contributed by atoms with E-state index in [-0.39, 0.29) is 30.2 Å². The first-order valence-electron chi connectivity index (χ1n) is 11.0. The Labute approximate surface area is 184 Å². The zero-order chi connectivity index (χ0) is 22.2. The van der Waals surface area contributed by atoms with Crippen molar-refractivity contribution in [1.82, 2.24) is 23.7 Å². The van der Waals surface area contributed by atoms with E-state index in [0.717, 1.165) is 11.3 Å². The van der Waals surface area contributed by atoms with Crippen LogP contribution in [0.4, 0.5) is 0 Å². The molecule has 9 heteroatoms. The number of imidazole rings is 1. The van der Waals surface area contributed by atoms with Crippen molar-refractivity contribution in [2.24, 2.45) is 5.41 Å². The maximum absolute atomic E-state index is 13.7. The Hall–Kier alpha value is -2.26. The van der Waals surface area contributed by atoms with Crippen molar-refractivity contribution in [2.75, 3.05) is 25.4 Å². The molecule has 0 radical (unpaired) electrons. The van der Waals surface area contributed by atoms with Crippen molar-refractivity contribution in [3.8, 4) is 0 Å². The number of nitrogens with zero attached hydrogens (tertiary/aromatic N) is 5. The lowest BCUT2D eigenvalue weighted by Crippen LogP contribution is -2.40. The SMILES string of the molecule is CCCS(=O)(=O)N1C[C@@H](c2cn(C(C)C)cn2)[C@@]2(CCN(Cc3ccncc3)C2=O)C1. The molecule has 2 aromatic heterocycles. The molecule has 0 bridgehead atoms. The van der Waals surface area contributed by atoms with E-state index in [4.69, 9.17) is 0 Å². The molecule has 2 saturated heterocycles. The van der Waals surface area contributed by atoms with Gasteiger partial charge in [-0.2, -0.15) is 0 Å². The van der Waals surface area contributed by atoms with Gasteiger partial charge in [0.1, 0.15) is 0 Å². The Kier molecular flexibility index (Phi) is 5.91. The lowest BCUT2D eigenvalue weighted by Gasteiger charge is -2.28. The van der Waals surface area contributed by atoms with Crippen LogP contribution in [0.5, 0.6) is 0 Å². The van der Waals surface area contributed by atoms with Gasteiger partial charge in [0.25, 0.3) is 0 Å². The molecule has 1 amide bonds. The third-order valence-corrected chi connectivity index (χ3v) is 8.59. The van der Waals surface area contributed by atoms with E-state index in [1.54, 1.807) is 18.7 Å². The standard InChI is InChI=1S/C22H31N5O3S/c1-4-11-31(29,30)27-13-19(20-14-26(16-24-20)17(2)3)22(15-27)7-10-25(21(22)28)12-18-5-8-23-9-6-18/h5-6,8-9,14,16-17,19H,4,7,10-13,15H2,1-3H3/t19-,22+/m0/s1. The topological polar surface area (TPSA) is 88.4 Å². The van der Waals surface area contributed by atoms with Crippen LogP contribution in [0.25, 0.3) is 0 Å². The van der Waals surface area contributed by atoms with Gasteiger partial charge in [0, 0.05) is 56.7 Å². The Morgan fingerprint density at radius 2 is 2.00 bits per heavy atom. The van der Waals surface area contributed by atoms with E-state index in [9.17, 15) is 13.2 Å². The van der Waals surface area contributed by atoms with Gasteiger partial charge in [0.15, 0.2) is 0 Å². The van der Waals surface area contributed by atoms with E-state index in [1.807, 2.05) is 34.7 Å². The van der Waals surface area contributed by atoms with Crippen molar-refractivity contribution in [1.29, 1.82) is 0 Å². The summed E-state index contributed by atoms with van der Waals surface area (Å²) in [6, 6.07) is 4.07. The summed E-state index contributed by atoms with van der Waals surface area (Å²) in [5, 5.41) is 0. The quantitative estimate of drug-likeness (QED) is 0.653. The zero-order valence-electron chi connectivity index (χ0n) is 18.4. The molecule has 4 heterocycles. The zero-order valence-corrected chi connectivity index (χ0v) is 19.3. The van der Waals surface area contributed by atoms with E-state index >= 15 is 0 Å². The second-order valence-electron chi connectivity index (χ2n) is 8.99. The molecule has 2 fully saturated rings. The monoisotopic (exact) mass is 445 g/mol. The van der Waals surface area contributed by atoms with Crippen LogP contribution in [0, 0.1) is 5.41 Å². The first-order valence-corrected chi connectivity index (χ1v) is 12.6. The third kappa shape index (κ3) is 4.01. The molecule has 31 heavy (non-hydrogen) atoms. The second-order valence-corrected chi connectivity index (χ2v) is 11.1. The minimum Gasteiger partial charge on any atom is -0.338 e. The highest BCUT2D eigenvalue weighted by atomic mass is 32.2. The minimum atomic E-state index is -3.40. The van der Waals surface area contributed by atoms with E-state index in [0.29, 0.717) is 32.5 Å². The fourth-order valence-corrected chi connectivity index (χ4v) is 6.42. The lowest BCUT2D eigenvalue weighted by atomic mass is 9.75. The summed E-state index contributed by atoms with van der Waals surface area (Å²) < 4.78 is 29.4. The molecule has 2 aliphatic heterocycles. The fraction of sp³-hybridized carbons (Fsp3) is 0.591. The maximum atomic E-state index is 13.7. The number of aromatic nitrogens is 3. The molecule has 0 saturated carbocycles. The van der Waals surface area contributed by atoms with Crippen LogP contribution in [0.3, 0.4) is 0 Å².